The molecule has 54 heavy (non-hydrogen) atoms. The molecule has 1 aromatic carbocycles. The van der Waals surface area contributed by atoms with Crippen molar-refractivity contribution in [2.75, 3.05) is 18.9 Å². The van der Waals surface area contributed by atoms with E-state index in [1.807, 2.05) is 71.3 Å². The summed E-state index contributed by atoms with van der Waals surface area (Å²) >= 11 is 0. The number of carbonyl (C=O) groups excluding carboxylic acids is 4. The zero-order valence-electron chi connectivity index (χ0n) is 31.6. The molecule has 1 aromatic heterocycles. The standard InChI is InChI=1S/C32H41FN4O5.C10H10N2/c1-23-26(17-9-7-6-8-10-18-34-23)36-27(39)20-32(33,22-38)25-15-11-13-24(14-12-16-25)29(41)35-21-31(4,5)30(2,3)19-28(40)37-42;1-11-9-6-2-4-8-5-3-7-12-10(8)9/h7-11,13-14,16-18,22,42H,1,6,12,15,19-21H2,2-5H3,(H,35,41)(H,36,39)(H,37,40);2-7,11H,1H3/b9-7-,10-8-,13-11-,24-14+,25-16+,26-17+,34-18?;. The monoisotopic (exact) mass is 738 g/mol. The number of hydroxylamine groups is 1. The van der Waals surface area contributed by atoms with Gasteiger partial charge in [-0.25, -0.2) is 9.87 Å². The zero-order chi connectivity index (χ0) is 39.8. The Balaban J connectivity index is 0.000000545. The van der Waals surface area contributed by atoms with Crippen LogP contribution in [0.15, 0.2) is 125 Å². The predicted molar refractivity (Wildman–Crippen MR) is 212 cm³/mol. The van der Waals surface area contributed by atoms with Gasteiger partial charge in [-0.3, -0.25) is 34.4 Å². The average molecular weight is 739 g/mol. The van der Waals surface area contributed by atoms with Gasteiger partial charge in [-0.15, -0.1) is 0 Å². The minimum atomic E-state index is -2.54. The normalized spacial score (nSPS) is 20.5. The summed E-state index contributed by atoms with van der Waals surface area (Å²) in [5.41, 5.74) is 1.23. The van der Waals surface area contributed by atoms with Crippen LogP contribution in [0.4, 0.5) is 10.1 Å². The molecule has 1 unspecified atom stereocenters. The first-order valence-electron chi connectivity index (χ1n) is 17.7. The Morgan fingerprint density at radius 3 is 2.43 bits per heavy atom. The number of rotatable bonds is 12. The molecule has 12 heteroatoms. The quantitative estimate of drug-likeness (QED) is 0.0683. The van der Waals surface area contributed by atoms with Crippen molar-refractivity contribution >= 4 is 46.8 Å². The van der Waals surface area contributed by atoms with E-state index < -0.39 is 34.7 Å². The van der Waals surface area contributed by atoms with Crippen molar-refractivity contribution in [3.63, 3.8) is 0 Å². The second kappa shape index (κ2) is 19.9. The molecule has 0 bridgehead atoms. The number of benzene rings is 1. The fraction of sp³-hybridized carbons (Fsp3) is 0.333. The van der Waals surface area contributed by atoms with Crippen LogP contribution in [0.1, 0.15) is 59.8 Å². The molecule has 0 fully saturated rings. The minimum absolute atomic E-state index is 0.0245. The van der Waals surface area contributed by atoms with Crippen LogP contribution < -0.4 is 21.4 Å². The van der Waals surface area contributed by atoms with Gasteiger partial charge < -0.3 is 16.0 Å². The number of allylic oxidation sites excluding steroid dienone is 9. The maximum atomic E-state index is 15.9. The number of nitrogens with zero attached hydrogens (tertiary/aromatic N) is 2. The molecule has 0 spiro atoms. The third-order valence-corrected chi connectivity index (χ3v) is 9.60. The summed E-state index contributed by atoms with van der Waals surface area (Å²) in [6, 6.07) is 10.1. The number of amides is 3. The number of anilines is 1. The van der Waals surface area contributed by atoms with Gasteiger partial charge in [-0.2, -0.15) is 0 Å². The van der Waals surface area contributed by atoms with Crippen LogP contribution in [0.5, 0.6) is 0 Å². The number of hydrogen-bond acceptors (Lipinski definition) is 8. The lowest BCUT2D eigenvalue weighted by Crippen LogP contribution is -2.45. The summed E-state index contributed by atoms with van der Waals surface area (Å²) in [7, 11) is 1.91. The molecule has 1 aliphatic heterocycles. The molecule has 0 saturated carbocycles. The lowest BCUT2D eigenvalue weighted by Gasteiger charge is -2.41. The first-order chi connectivity index (χ1) is 25.7. The summed E-state index contributed by atoms with van der Waals surface area (Å²) in [6.07, 6.45) is 18.8. The highest BCUT2D eigenvalue weighted by atomic mass is 19.1. The van der Waals surface area contributed by atoms with Crippen LogP contribution in [-0.4, -0.2) is 59.7 Å². The Kier molecular flexibility index (Phi) is 15.7. The molecule has 2 heterocycles. The van der Waals surface area contributed by atoms with Crippen molar-refractivity contribution in [1.29, 1.82) is 0 Å². The second-order valence-corrected chi connectivity index (χ2v) is 14.1. The SMILES string of the molecule is C=C1N=C/C=C\C/C=C\C=C/1NC(=O)CC(F)(C=O)/C1=C/C/C=C(C(=O)NCC(C)(C)C(C)(C)CC(=O)NO)\C=C/C1.CNc1cccc2cccnc12. The van der Waals surface area contributed by atoms with E-state index in [0.29, 0.717) is 17.7 Å². The lowest BCUT2D eigenvalue weighted by atomic mass is 9.66. The van der Waals surface area contributed by atoms with Crippen molar-refractivity contribution in [2.24, 2.45) is 15.8 Å². The van der Waals surface area contributed by atoms with E-state index in [9.17, 15) is 19.2 Å². The van der Waals surface area contributed by atoms with E-state index in [1.165, 1.54) is 11.5 Å². The van der Waals surface area contributed by atoms with Gasteiger partial charge in [0.1, 0.15) is 0 Å². The highest BCUT2D eigenvalue weighted by molar-refractivity contribution is 5.96. The first kappa shape index (κ1) is 42.7. The fourth-order valence-corrected chi connectivity index (χ4v) is 5.46. The largest absolute Gasteiger partial charge is 0.386 e. The van der Waals surface area contributed by atoms with Gasteiger partial charge in [0.05, 0.1) is 29.0 Å². The molecule has 1 atom stereocenters. The molecule has 286 valence electrons. The third-order valence-electron chi connectivity index (χ3n) is 9.60. The van der Waals surface area contributed by atoms with Crippen molar-refractivity contribution in [2.45, 2.75) is 65.5 Å². The number of fused-ring (bicyclic) bond motifs is 1. The number of para-hydroxylation sites is 1. The first-order valence-corrected chi connectivity index (χ1v) is 17.7. The van der Waals surface area contributed by atoms with Crippen LogP contribution in [0.2, 0.25) is 0 Å². The molecule has 3 amide bonds. The number of carbonyl (C=O) groups is 4. The zero-order valence-corrected chi connectivity index (χ0v) is 31.6. The number of alkyl halides is 1. The van der Waals surface area contributed by atoms with Gasteiger partial charge in [0, 0.05) is 43.4 Å². The maximum Gasteiger partial charge on any atom is 0.250 e. The van der Waals surface area contributed by atoms with Crippen LogP contribution in [-0.2, 0) is 19.2 Å². The number of halogens is 1. The summed E-state index contributed by atoms with van der Waals surface area (Å²) in [6.45, 7) is 11.7. The van der Waals surface area contributed by atoms with Crippen molar-refractivity contribution in [3.8, 4) is 0 Å². The van der Waals surface area contributed by atoms with Crippen molar-refractivity contribution in [3.05, 3.63) is 120 Å². The average Bonchev–Trinajstić information content (AvgIpc) is 3.13. The van der Waals surface area contributed by atoms with Gasteiger partial charge in [0.25, 0.3) is 5.91 Å². The molecule has 0 saturated heterocycles. The lowest BCUT2D eigenvalue weighted by molar-refractivity contribution is -0.133. The highest BCUT2D eigenvalue weighted by Crippen LogP contribution is 2.41. The van der Waals surface area contributed by atoms with Gasteiger partial charge in [0.2, 0.25) is 11.8 Å². The van der Waals surface area contributed by atoms with Crippen LogP contribution >= 0.6 is 0 Å². The van der Waals surface area contributed by atoms with E-state index >= 15 is 4.39 Å². The summed E-state index contributed by atoms with van der Waals surface area (Å²) < 4.78 is 15.9. The van der Waals surface area contributed by atoms with Gasteiger partial charge >= 0.3 is 0 Å². The van der Waals surface area contributed by atoms with Crippen LogP contribution in [0, 0.1) is 10.8 Å². The summed E-state index contributed by atoms with van der Waals surface area (Å²) in [4.78, 5) is 57.8. The van der Waals surface area contributed by atoms with E-state index in [2.05, 4.69) is 44.6 Å². The molecule has 11 nitrogen and oxygen atoms in total. The molecule has 5 N–H and O–H groups in total. The van der Waals surface area contributed by atoms with E-state index in [-0.39, 0.29) is 49.3 Å². The number of hydrogen-bond donors (Lipinski definition) is 5. The second-order valence-electron chi connectivity index (χ2n) is 14.1. The molecule has 0 radical (unpaired) electrons. The number of aliphatic imine (C=N–C) groups is 1. The number of pyridine rings is 1. The van der Waals surface area contributed by atoms with E-state index in [1.54, 1.807) is 48.2 Å². The topological polar surface area (TPSA) is 162 Å². The minimum Gasteiger partial charge on any atom is -0.386 e. The number of aromatic nitrogens is 1. The third kappa shape index (κ3) is 12.2. The van der Waals surface area contributed by atoms with Crippen LogP contribution in [0.3, 0.4) is 0 Å². The number of aldehydes is 1. The smallest absolute Gasteiger partial charge is 0.250 e. The Hall–Kier alpha value is -5.75. The molecule has 2 aromatic rings. The highest BCUT2D eigenvalue weighted by Gasteiger charge is 2.39. The van der Waals surface area contributed by atoms with Gasteiger partial charge in [0.15, 0.2) is 12.0 Å². The Bertz CT molecular complexity index is 1910. The molecule has 1 aliphatic carbocycles. The Morgan fingerprint density at radius 1 is 0.963 bits per heavy atom. The Morgan fingerprint density at radius 2 is 1.70 bits per heavy atom. The predicted octanol–water partition coefficient (Wildman–Crippen LogP) is 6.93. The Labute approximate surface area is 316 Å². The van der Waals surface area contributed by atoms with Crippen molar-refractivity contribution in [1.82, 2.24) is 21.1 Å². The molecular formula is C42H51FN6O5. The van der Waals surface area contributed by atoms with Gasteiger partial charge in [-0.1, -0.05) is 95.0 Å². The fourth-order valence-electron chi connectivity index (χ4n) is 5.46. The van der Waals surface area contributed by atoms with E-state index in [0.717, 1.165) is 11.2 Å². The van der Waals surface area contributed by atoms with Crippen LogP contribution in [0.25, 0.3) is 10.9 Å². The molecule has 4 rings (SSSR count). The van der Waals surface area contributed by atoms with Gasteiger partial charge in [-0.05, 0) is 60.0 Å². The molecular weight excluding hydrogens is 687 g/mol. The number of nitrogens with one attached hydrogen (secondary N) is 4. The summed E-state index contributed by atoms with van der Waals surface area (Å²) in [5.74, 6) is -1.56. The maximum absolute atomic E-state index is 15.9. The summed E-state index contributed by atoms with van der Waals surface area (Å²) in [5, 5.41) is 18.6. The van der Waals surface area contributed by atoms with Crippen molar-refractivity contribution < 1.29 is 28.8 Å². The van der Waals surface area contributed by atoms with E-state index in [4.69, 9.17) is 5.21 Å². The molecule has 2 aliphatic rings.